The van der Waals surface area contributed by atoms with Crippen molar-refractivity contribution in [3.63, 3.8) is 0 Å². The van der Waals surface area contributed by atoms with Crippen molar-refractivity contribution in [3.05, 3.63) is 33.3 Å². The lowest BCUT2D eigenvalue weighted by atomic mass is 10.1. The topological polar surface area (TPSA) is 20.2 Å². The molecule has 0 fully saturated rings. The normalized spacial score (nSPS) is 26.2. The first-order valence-corrected chi connectivity index (χ1v) is 5.01. The van der Waals surface area contributed by atoms with Crippen molar-refractivity contribution < 1.29 is 5.11 Å². The van der Waals surface area contributed by atoms with E-state index >= 15 is 0 Å². The second kappa shape index (κ2) is 3.16. The molecular formula is C10H10Cl2O. The molecule has 2 rings (SSSR count). The van der Waals surface area contributed by atoms with Crippen molar-refractivity contribution in [1.29, 1.82) is 0 Å². The fraction of sp³-hybridized carbons (Fsp3) is 0.400. The van der Waals surface area contributed by atoms with Crippen LogP contribution in [0.5, 0.6) is 0 Å². The van der Waals surface area contributed by atoms with Crippen molar-refractivity contribution in [2.75, 3.05) is 0 Å². The molecule has 0 aromatic heterocycles. The maximum atomic E-state index is 9.78. The molecular weight excluding hydrogens is 207 g/mol. The molecule has 0 aliphatic heterocycles. The van der Waals surface area contributed by atoms with Gasteiger partial charge in [0.2, 0.25) is 0 Å². The van der Waals surface area contributed by atoms with Crippen LogP contribution in [0.2, 0.25) is 10.0 Å². The molecule has 0 radical (unpaired) electrons. The van der Waals surface area contributed by atoms with Gasteiger partial charge in [-0.2, -0.15) is 0 Å². The molecule has 1 aliphatic rings. The van der Waals surface area contributed by atoms with E-state index in [2.05, 4.69) is 0 Å². The van der Waals surface area contributed by atoms with Gasteiger partial charge in [-0.3, -0.25) is 0 Å². The van der Waals surface area contributed by atoms with Gasteiger partial charge in [-0.1, -0.05) is 30.1 Å². The standard InChI is InChI=1S/C10H10Cl2O/c1-5-2-7-8(10(5)13)3-6(11)4-9(7)12/h3-5,10,13H,2H2,1H3. The summed E-state index contributed by atoms with van der Waals surface area (Å²) in [7, 11) is 0. The van der Waals surface area contributed by atoms with E-state index in [0.717, 1.165) is 17.5 Å². The van der Waals surface area contributed by atoms with E-state index in [1.54, 1.807) is 12.1 Å². The quantitative estimate of drug-likeness (QED) is 0.707. The van der Waals surface area contributed by atoms with Crippen molar-refractivity contribution in [1.82, 2.24) is 0 Å². The monoisotopic (exact) mass is 216 g/mol. The van der Waals surface area contributed by atoms with Crippen LogP contribution in [0.15, 0.2) is 12.1 Å². The van der Waals surface area contributed by atoms with Crippen molar-refractivity contribution in [2.24, 2.45) is 5.92 Å². The van der Waals surface area contributed by atoms with E-state index in [0.29, 0.717) is 10.0 Å². The van der Waals surface area contributed by atoms with Crippen LogP contribution in [0.1, 0.15) is 24.2 Å². The summed E-state index contributed by atoms with van der Waals surface area (Å²) in [4.78, 5) is 0. The van der Waals surface area contributed by atoms with Gasteiger partial charge in [0.25, 0.3) is 0 Å². The van der Waals surface area contributed by atoms with Gasteiger partial charge in [-0.15, -0.1) is 0 Å². The fourth-order valence-corrected chi connectivity index (χ4v) is 2.43. The van der Waals surface area contributed by atoms with Gasteiger partial charge < -0.3 is 5.11 Å². The molecule has 1 aromatic carbocycles. The predicted octanol–water partition coefficient (Wildman–Crippen LogP) is 3.22. The van der Waals surface area contributed by atoms with Crippen LogP contribution < -0.4 is 0 Å². The Bertz CT molecular complexity index is 349. The maximum Gasteiger partial charge on any atom is 0.0822 e. The smallest absolute Gasteiger partial charge is 0.0822 e. The molecule has 3 heteroatoms. The lowest BCUT2D eigenvalue weighted by molar-refractivity contribution is 0.133. The molecule has 0 heterocycles. The highest BCUT2D eigenvalue weighted by molar-refractivity contribution is 6.35. The van der Waals surface area contributed by atoms with Crippen molar-refractivity contribution >= 4 is 23.2 Å². The summed E-state index contributed by atoms with van der Waals surface area (Å²) in [5.74, 6) is 0.242. The molecule has 1 aromatic rings. The number of aliphatic hydroxyl groups is 1. The fourth-order valence-electron chi connectivity index (χ4n) is 1.84. The van der Waals surface area contributed by atoms with Crippen LogP contribution in [0.25, 0.3) is 0 Å². The van der Waals surface area contributed by atoms with Gasteiger partial charge >= 0.3 is 0 Å². The average Bonchev–Trinajstić information content (AvgIpc) is 2.32. The summed E-state index contributed by atoms with van der Waals surface area (Å²) in [5.41, 5.74) is 1.94. The highest BCUT2D eigenvalue weighted by Crippen LogP contribution is 2.40. The summed E-state index contributed by atoms with van der Waals surface area (Å²) in [5, 5.41) is 11.0. The highest BCUT2D eigenvalue weighted by Gasteiger charge is 2.29. The molecule has 1 N–H and O–H groups in total. The van der Waals surface area contributed by atoms with Gasteiger partial charge in [0.05, 0.1) is 6.10 Å². The minimum Gasteiger partial charge on any atom is -0.388 e. The molecule has 2 unspecified atom stereocenters. The van der Waals surface area contributed by atoms with Crippen LogP contribution in [-0.2, 0) is 6.42 Å². The van der Waals surface area contributed by atoms with Crippen LogP contribution >= 0.6 is 23.2 Å². The lowest BCUT2D eigenvalue weighted by Gasteiger charge is -2.08. The van der Waals surface area contributed by atoms with Gasteiger partial charge in [-0.05, 0) is 35.6 Å². The van der Waals surface area contributed by atoms with Crippen LogP contribution in [0, 0.1) is 5.92 Å². The molecule has 1 nitrogen and oxygen atoms in total. The summed E-state index contributed by atoms with van der Waals surface area (Å²) >= 11 is 11.9. The minimum absolute atomic E-state index is 0.242. The Morgan fingerprint density at radius 2 is 2.08 bits per heavy atom. The highest BCUT2D eigenvalue weighted by atomic mass is 35.5. The van der Waals surface area contributed by atoms with Gasteiger partial charge in [0.15, 0.2) is 0 Å². The number of halogens is 2. The maximum absolute atomic E-state index is 9.78. The van der Waals surface area contributed by atoms with Gasteiger partial charge in [-0.25, -0.2) is 0 Å². The molecule has 1 aliphatic carbocycles. The van der Waals surface area contributed by atoms with E-state index in [1.807, 2.05) is 6.92 Å². The van der Waals surface area contributed by atoms with E-state index in [-0.39, 0.29) is 5.92 Å². The van der Waals surface area contributed by atoms with Gasteiger partial charge in [0, 0.05) is 10.0 Å². The first-order valence-electron chi connectivity index (χ1n) is 4.25. The van der Waals surface area contributed by atoms with Crippen LogP contribution in [-0.4, -0.2) is 5.11 Å². The Morgan fingerprint density at radius 3 is 2.77 bits per heavy atom. The third-order valence-corrected chi connectivity index (χ3v) is 3.13. The predicted molar refractivity (Wildman–Crippen MR) is 54.3 cm³/mol. The Labute approximate surface area is 87.3 Å². The Hall–Kier alpha value is -0.240. The molecule has 0 saturated carbocycles. The Kier molecular flexibility index (Phi) is 2.26. The van der Waals surface area contributed by atoms with E-state index in [4.69, 9.17) is 23.2 Å². The van der Waals surface area contributed by atoms with E-state index < -0.39 is 6.10 Å². The summed E-state index contributed by atoms with van der Waals surface area (Å²) in [6.07, 6.45) is 0.429. The lowest BCUT2D eigenvalue weighted by Crippen LogP contribution is -2.00. The number of hydrogen-bond donors (Lipinski definition) is 1. The SMILES string of the molecule is CC1Cc2c(Cl)cc(Cl)cc2C1O. The second-order valence-corrected chi connectivity index (χ2v) is 4.43. The summed E-state index contributed by atoms with van der Waals surface area (Å²) in [6.45, 7) is 2.01. The molecule has 2 atom stereocenters. The van der Waals surface area contributed by atoms with Crippen molar-refractivity contribution in [3.8, 4) is 0 Å². The molecule has 0 bridgehead atoms. The zero-order valence-electron chi connectivity index (χ0n) is 7.22. The van der Waals surface area contributed by atoms with Gasteiger partial charge in [0.1, 0.15) is 0 Å². The molecule has 13 heavy (non-hydrogen) atoms. The average molecular weight is 217 g/mol. The second-order valence-electron chi connectivity index (χ2n) is 3.58. The third kappa shape index (κ3) is 1.45. The Morgan fingerprint density at radius 1 is 1.38 bits per heavy atom. The molecule has 0 saturated heterocycles. The van der Waals surface area contributed by atoms with E-state index in [9.17, 15) is 5.11 Å². The first kappa shape index (κ1) is 9.32. The number of benzene rings is 1. The zero-order valence-corrected chi connectivity index (χ0v) is 8.73. The van der Waals surface area contributed by atoms with Crippen LogP contribution in [0.3, 0.4) is 0 Å². The number of aliphatic hydroxyl groups excluding tert-OH is 1. The molecule has 0 spiro atoms. The minimum atomic E-state index is -0.411. The van der Waals surface area contributed by atoms with Crippen LogP contribution in [0.4, 0.5) is 0 Å². The summed E-state index contributed by atoms with van der Waals surface area (Å²) in [6, 6.07) is 3.53. The van der Waals surface area contributed by atoms with Crippen molar-refractivity contribution in [2.45, 2.75) is 19.4 Å². The third-order valence-electron chi connectivity index (χ3n) is 2.58. The number of hydrogen-bond acceptors (Lipinski definition) is 1. The zero-order chi connectivity index (χ0) is 9.59. The number of fused-ring (bicyclic) bond motifs is 1. The number of rotatable bonds is 0. The van der Waals surface area contributed by atoms with E-state index in [1.165, 1.54) is 0 Å². The first-order chi connectivity index (χ1) is 6.09. The molecule has 0 amide bonds. The summed E-state index contributed by atoms with van der Waals surface area (Å²) < 4.78 is 0. The Balaban J connectivity index is 2.57. The molecule has 70 valence electrons. The largest absolute Gasteiger partial charge is 0.388 e.